The number of fused-ring (bicyclic) bond motifs is 1. The minimum absolute atomic E-state index is 0.0613. The van der Waals surface area contributed by atoms with Gasteiger partial charge in [-0.3, -0.25) is 4.79 Å². The Morgan fingerprint density at radius 3 is 2.80 bits per heavy atom. The van der Waals surface area contributed by atoms with Gasteiger partial charge in [-0.05, 0) is 36.6 Å². The van der Waals surface area contributed by atoms with E-state index in [0.29, 0.717) is 38.6 Å². The fourth-order valence-electron chi connectivity index (χ4n) is 3.42. The highest BCUT2D eigenvalue weighted by Crippen LogP contribution is 2.38. The predicted molar refractivity (Wildman–Crippen MR) is 92.1 cm³/mol. The first kappa shape index (κ1) is 17.2. The van der Waals surface area contributed by atoms with Crippen LogP contribution in [0.25, 0.3) is 0 Å². The highest BCUT2D eigenvalue weighted by atomic mass is 16.4. The molecule has 2 heterocycles. The number of amides is 1. The molecule has 0 spiro atoms. The summed E-state index contributed by atoms with van der Waals surface area (Å²) in [5, 5.41) is 17.3. The van der Waals surface area contributed by atoms with Crippen molar-refractivity contribution < 1.29 is 14.7 Å². The van der Waals surface area contributed by atoms with Crippen molar-refractivity contribution in [1.82, 2.24) is 4.90 Å². The lowest BCUT2D eigenvalue weighted by molar-refractivity contribution is -0.134. The lowest BCUT2D eigenvalue weighted by atomic mass is 9.91. The molecule has 3 rings (SSSR count). The van der Waals surface area contributed by atoms with Gasteiger partial charge in [0.2, 0.25) is 5.91 Å². The molecule has 0 fully saturated rings. The number of terminal acetylenes is 1. The van der Waals surface area contributed by atoms with Crippen molar-refractivity contribution in [3.63, 3.8) is 0 Å². The molecule has 0 aromatic heterocycles. The molecule has 0 saturated heterocycles. The Morgan fingerprint density at radius 1 is 1.40 bits per heavy atom. The van der Waals surface area contributed by atoms with Crippen LogP contribution >= 0.6 is 0 Å². The monoisotopic (exact) mass is 339 g/mol. The van der Waals surface area contributed by atoms with Crippen LogP contribution in [0.2, 0.25) is 0 Å². The number of benzene rings is 1. The average molecular weight is 339 g/mol. The van der Waals surface area contributed by atoms with Gasteiger partial charge in [0.25, 0.3) is 0 Å². The van der Waals surface area contributed by atoms with E-state index in [-0.39, 0.29) is 17.5 Å². The van der Waals surface area contributed by atoms with Gasteiger partial charge in [0.15, 0.2) is 5.66 Å². The van der Waals surface area contributed by atoms with Crippen LogP contribution in [0.5, 0.6) is 0 Å². The van der Waals surface area contributed by atoms with Gasteiger partial charge in [-0.2, -0.15) is 10.2 Å². The number of carboxylic acids is 1. The number of carbonyl (C=O) groups is 2. The van der Waals surface area contributed by atoms with E-state index in [0.717, 1.165) is 11.1 Å². The first-order chi connectivity index (χ1) is 12.0. The minimum Gasteiger partial charge on any atom is -0.478 e. The molecule has 6 heteroatoms. The van der Waals surface area contributed by atoms with E-state index < -0.39 is 11.6 Å². The van der Waals surface area contributed by atoms with Crippen LogP contribution < -0.4 is 0 Å². The second kappa shape index (κ2) is 6.67. The molecule has 0 aliphatic carbocycles. The van der Waals surface area contributed by atoms with Gasteiger partial charge in [0.1, 0.15) is 0 Å². The van der Waals surface area contributed by atoms with Crippen LogP contribution in [-0.4, -0.2) is 34.1 Å². The number of hydrogen-bond acceptors (Lipinski definition) is 4. The molecule has 6 nitrogen and oxygen atoms in total. The van der Waals surface area contributed by atoms with E-state index in [9.17, 15) is 9.59 Å². The molecule has 1 unspecified atom stereocenters. The highest BCUT2D eigenvalue weighted by Gasteiger charge is 2.40. The van der Waals surface area contributed by atoms with E-state index >= 15 is 0 Å². The summed E-state index contributed by atoms with van der Waals surface area (Å²) in [5.74, 6) is 1.74. The maximum absolute atomic E-state index is 12.6. The van der Waals surface area contributed by atoms with Crippen molar-refractivity contribution in [2.75, 3.05) is 6.54 Å². The molecule has 0 radical (unpaired) electrons. The summed E-state index contributed by atoms with van der Waals surface area (Å²) in [4.78, 5) is 25.6. The van der Waals surface area contributed by atoms with Crippen LogP contribution in [0.1, 0.15) is 60.1 Å². The molecule has 1 atom stereocenters. The molecule has 1 aromatic carbocycles. The maximum atomic E-state index is 12.6. The van der Waals surface area contributed by atoms with Crippen LogP contribution in [0.3, 0.4) is 0 Å². The van der Waals surface area contributed by atoms with E-state index in [2.05, 4.69) is 16.1 Å². The zero-order valence-electron chi connectivity index (χ0n) is 14.2. The summed E-state index contributed by atoms with van der Waals surface area (Å²) in [6.07, 6.45) is 8.26. The Balaban J connectivity index is 1.63. The van der Waals surface area contributed by atoms with Crippen molar-refractivity contribution in [2.45, 2.75) is 50.7 Å². The molecule has 2 aliphatic heterocycles. The van der Waals surface area contributed by atoms with Gasteiger partial charge in [-0.15, -0.1) is 12.3 Å². The van der Waals surface area contributed by atoms with E-state index in [1.54, 1.807) is 12.1 Å². The summed E-state index contributed by atoms with van der Waals surface area (Å²) in [6, 6.07) is 5.08. The Kier molecular flexibility index (Phi) is 4.58. The summed E-state index contributed by atoms with van der Waals surface area (Å²) >= 11 is 0. The first-order valence-electron chi connectivity index (χ1n) is 8.49. The second-order valence-electron chi connectivity index (χ2n) is 6.62. The van der Waals surface area contributed by atoms with Crippen LogP contribution in [0.15, 0.2) is 28.4 Å². The molecule has 2 aliphatic rings. The minimum atomic E-state index is -0.928. The van der Waals surface area contributed by atoms with E-state index in [1.807, 2.05) is 17.9 Å². The van der Waals surface area contributed by atoms with Crippen LogP contribution in [0, 0.1) is 12.3 Å². The fourth-order valence-corrected chi connectivity index (χ4v) is 3.42. The number of hydrogen-bond donors (Lipinski definition) is 1. The highest BCUT2D eigenvalue weighted by molar-refractivity contribution is 5.88. The smallest absolute Gasteiger partial charge is 0.335 e. The average Bonchev–Trinajstić information content (AvgIpc) is 3.38. The molecule has 1 amide bonds. The van der Waals surface area contributed by atoms with Gasteiger partial charge in [-0.25, -0.2) is 4.79 Å². The normalized spacial score (nSPS) is 19.8. The largest absolute Gasteiger partial charge is 0.478 e. The summed E-state index contributed by atoms with van der Waals surface area (Å²) < 4.78 is 0. The number of nitrogens with zero attached hydrogens (tertiary/aromatic N) is 3. The van der Waals surface area contributed by atoms with E-state index in [4.69, 9.17) is 11.5 Å². The Bertz CT molecular complexity index is 773. The van der Waals surface area contributed by atoms with Gasteiger partial charge in [0, 0.05) is 32.2 Å². The van der Waals surface area contributed by atoms with Crippen molar-refractivity contribution in [3.8, 4) is 12.3 Å². The third-order valence-corrected chi connectivity index (χ3v) is 5.04. The summed E-state index contributed by atoms with van der Waals surface area (Å²) in [7, 11) is 0. The lowest BCUT2D eigenvalue weighted by Gasteiger charge is -2.35. The van der Waals surface area contributed by atoms with Crippen LogP contribution in [-0.2, 0) is 11.2 Å². The molecular formula is C19H21N3O3. The quantitative estimate of drug-likeness (QED) is 0.808. The van der Waals surface area contributed by atoms with Gasteiger partial charge in [0.05, 0.1) is 11.6 Å². The molecule has 1 N–H and O–H groups in total. The SMILES string of the molecule is C#CCCC1(CCC(=O)N2CCc3cc(C(=O)O)ccc3C2C)N=N1. The standard InChI is InChI=1S/C19H21N3O3/c1-3-4-9-19(20-21-19)10-7-17(23)22-11-8-14-12-15(18(24)25)5-6-16(14)13(22)2/h1,5-6,12-13H,4,7-11H2,2H3,(H,24,25). The topological polar surface area (TPSA) is 82.3 Å². The second-order valence-corrected chi connectivity index (χ2v) is 6.62. The number of rotatable bonds is 6. The third kappa shape index (κ3) is 3.55. The lowest BCUT2D eigenvalue weighted by Crippen LogP contribution is -2.39. The Morgan fingerprint density at radius 2 is 2.16 bits per heavy atom. The van der Waals surface area contributed by atoms with Crippen molar-refractivity contribution >= 4 is 11.9 Å². The molecule has 0 saturated carbocycles. The predicted octanol–water partition coefficient (Wildman–Crippen LogP) is 3.19. The Hall–Kier alpha value is -2.68. The van der Waals surface area contributed by atoms with E-state index in [1.165, 1.54) is 0 Å². The molecular weight excluding hydrogens is 318 g/mol. The first-order valence-corrected chi connectivity index (χ1v) is 8.49. The molecule has 1 aromatic rings. The van der Waals surface area contributed by atoms with Crippen molar-refractivity contribution in [1.29, 1.82) is 0 Å². The zero-order chi connectivity index (χ0) is 18.0. The molecule has 0 bridgehead atoms. The van der Waals surface area contributed by atoms with Crippen molar-refractivity contribution in [2.24, 2.45) is 10.2 Å². The van der Waals surface area contributed by atoms with Crippen molar-refractivity contribution in [3.05, 3.63) is 34.9 Å². The fraction of sp³-hybridized carbons (Fsp3) is 0.474. The maximum Gasteiger partial charge on any atom is 0.335 e. The van der Waals surface area contributed by atoms with Crippen LogP contribution in [0.4, 0.5) is 0 Å². The van der Waals surface area contributed by atoms with Gasteiger partial charge >= 0.3 is 5.97 Å². The Labute approximate surface area is 146 Å². The zero-order valence-corrected chi connectivity index (χ0v) is 14.2. The number of aromatic carboxylic acids is 1. The number of carboxylic acid groups (broad SMARTS) is 1. The third-order valence-electron chi connectivity index (χ3n) is 5.04. The van der Waals surface area contributed by atoms with Gasteiger partial charge < -0.3 is 10.0 Å². The number of carbonyl (C=O) groups excluding carboxylic acids is 1. The summed E-state index contributed by atoms with van der Waals surface area (Å²) in [6.45, 7) is 2.58. The molecule has 130 valence electrons. The summed E-state index contributed by atoms with van der Waals surface area (Å²) in [5.41, 5.74) is 1.88. The van der Waals surface area contributed by atoms with Gasteiger partial charge in [-0.1, -0.05) is 6.07 Å². The molecule has 25 heavy (non-hydrogen) atoms.